The lowest BCUT2D eigenvalue weighted by molar-refractivity contribution is -0.126. The van der Waals surface area contributed by atoms with Gasteiger partial charge in [0, 0.05) is 16.7 Å². The molecule has 1 N–H and O–H groups in total. The van der Waals surface area contributed by atoms with Gasteiger partial charge in [0.25, 0.3) is 11.8 Å². The average molecular weight is 360 g/mol. The van der Waals surface area contributed by atoms with Crippen molar-refractivity contribution in [2.45, 2.75) is 13.5 Å². The predicted molar refractivity (Wildman–Crippen MR) is 92.7 cm³/mol. The van der Waals surface area contributed by atoms with Crippen LogP contribution in [0.2, 0.25) is 0 Å². The summed E-state index contributed by atoms with van der Waals surface area (Å²) in [4.78, 5) is 35.3. The molecular weight excluding hydrogens is 348 g/mol. The van der Waals surface area contributed by atoms with Gasteiger partial charge in [-0.15, -0.1) is 0 Å². The number of nitrogens with one attached hydrogen (secondary N) is 1. The first-order valence-corrected chi connectivity index (χ1v) is 8.07. The third kappa shape index (κ3) is 2.73. The van der Waals surface area contributed by atoms with E-state index in [2.05, 4.69) is 5.32 Å². The topological polar surface area (TPSA) is 109 Å². The van der Waals surface area contributed by atoms with E-state index < -0.39 is 11.8 Å². The van der Waals surface area contributed by atoms with Crippen LogP contribution >= 0.6 is 0 Å². The van der Waals surface area contributed by atoms with Crippen molar-refractivity contribution in [1.82, 2.24) is 5.32 Å². The minimum Gasteiger partial charge on any atom is -0.457 e. The van der Waals surface area contributed by atoms with Gasteiger partial charge in [-0.3, -0.25) is 14.9 Å². The maximum absolute atomic E-state index is 12.1. The molecule has 0 bridgehead atoms. The summed E-state index contributed by atoms with van der Waals surface area (Å²) in [6.07, 6.45) is 1.48. The lowest BCUT2D eigenvalue weighted by Crippen LogP contribution is -2.37. The Hall–Kier alpha value is -3.92. The summed E-state index contributed by atoms with van der Waals surface area (Å²) in [6.45, 7) is 1.77. The predicted octanol–water partition coefficient (Wildman–Crippen LogP) is 2.50. The highest BCUT2D eigenvalue weighted by Crippen LogP contribution is 2.30. The average Bonchev–Trinajstić information content (AvgIpc) is 3.26. The fraction of sp³-hybridized carbons (Fsp3) is 0.100. The van der Waals surface area contributed by atoms with E-state index >= 15 is 0 Å². The Balaban J connectivity index is 1.70. The molecule has 1 aromatic carbocycles. The Morgan fingerprint density at radius 2 is 1.96 bits per heavy atom. The second-order valence-corrected chi connectivity index (χ2v) is 6.10. The van der Waals surface area contributed by atoms with Crippen molar-refractivity contribution in [3.63, 3.8) is 0 Å². The number of benzene rings is 1. The number of hydrogen-bond acceptors (Lipinski definition) is 6. The zero-order valence-corrected chi connectivity index (χ0v) is 14.2. The lowest BCUT2D eigenvalue weighted by Gasteiger charge is -2.15. The van der Waals surface area contributed by atoms with Gasteiger partial charge in [-0.2, -0.15) is 5.26 Å². The molecular formula is C20H12N2O5. The Labute approximate surface area is 153 Å². The first-order chi connectivity index (χ1) is 13.0. The number of esters is 1. The number of fused-ring (bicyclic) bond motifs is 1. The third-order valence-electron chi connectivity index (χ3n) is 4.47. The zero-order valence-electron chi connectivity index (χ0n) is 14.2. The third-order valence-corrected chi connectivity index (χ3v) is 4.47. The summed E-state index contributed by atoms with van der Waals surface area (Å²) in [7, 11) is 0. The minimum atomic E-state index is -0.702. The van der Waals surface area contributed by atoms with Gasteiger partial charge >= 0.3 is 5.97 Å². The monoisotopic (exact) mass is 360 g/mol. The molecule has 0 aliphatic carbocycles. The molecule has 4 rings (SSSR count). The number of ether oxygens (including phenoxy) is 1. The van der Waals surface area contributed by atoms with Gasteiger partial charge < -0.3 is 9.15 Å². The van der Waals surface area contributed by atoms with Crippen molar-refractivity contribution in [3.8, 4) is 17.4 Å². The Kier molecular flexibility index (Phi) is 3.74. The van der Waals surface area contributed by atoms with Crippen LogP contribution in [0.3, 0.4) is 0 Å². The van der Waals surface area contributed by atoms with Crippen LogP contribution in [0.1, 0.15) is 28.6 Å². The van der Waals surface area contributed by atoms with Gasteiger partial charge in [0.2, 0.25) is 0 Å². The minimum absolute atomic E-state index is 0.101. The normalized spacial score (nSPS) is 17.6. The van der Waals surface area contributed by atoms with Gasteiger partial charge in [-0.05, 0) is 42.8 Å². The van der Waals surface area contributed by atoms with Crippen LogP contribution in [0.15, 0.2) is 51.5 Å². The molecule has 7 heteroatoms. The van der Waals surface area contributed by atoms with Gasteiger partial charge in [-0.1, -0.05) is 6.07 Å². The van der Waals surface area contributed by atoms with Crippen LogP contribution in [0.4, 0.5) is 0 Å². The largest absolute Gasteiger partial charge is 0.457 e. The molecule has 0 saturated carbocycles. The van der Waals surface area contributed by atoms with Crippen molar-refractivity contribution >= 4 is 23.9 Å². The van der Waals surface area contributed by atoms with Crippen LogP contribution in [-0.2, 0) is 20.9 Å². The molecule has 0 atom stereocenters. The van der Waals surface area contributed by atoms with E-state index in [1.165, 1.54) is 6.08 Å². The molecule has 0 radical (unpaired) electrons. The van der Waals surface area contributed by atoms with Crippen molar-refractivity contribution in [2.75, 3.05) is 0 Å². The first-order valence-electron chi connectivity index (χ1n) is 8.07. The fourth-order valence-corrected chi connectivity index (χ4v) is 3.03. The number of rotatable bonds is 2. The van der Waals surface area contributed by atoms with Crippen LogP contribution in [-0.4, -0.2) is 17.8 Å². The number of nitriles is 1. The number of carbonyl (C=O) groups is 3. The number of cyclic esters (lactones) is 1. The number of imide groups is 1. The van der Waals surface area contributed by atoms with E-state index in [-0.39, 0.29) is 23.7 Å². The highest BCUT2D eigenvalue weighted by molar-refractivity contribution is 6.19. The zero-order chi connectivity index (χ0) is 19.1. The highest BCUT2D eigenvalue weighted by Gasteiger charge is 2.28. The molecule has 0 unspecified atom stereocenters. The van der Waals surface area contributed by atoms with Crippen molar-refractivity contribution in [2.24, 2.45) is 0 Å². The second-order valence-electron chi connectivity index (χ2n) is 6.10. The number of hydrogen-bond donors (Lipinski definition) is 1. The van der Waals surface area contributed by atoms with E-state index in [4.69, 9.17) is 14.4 Å². The summed E-state index contributed by atoms with van der Waals surface area (Å²) in [5, 5.41) is 11.2. The summed E-state index contributed by atoms with van der Waals surface area (Å²) < 4.78 is 10.8. The van der Waals surface area contributed by atoms with Gasteiger partial charge in [-0.25, -0.2) is 4.79 Å². The molecule has 0 spiro atoms. The molecule has 27 heavy (non-hydrogen) atoms. The molecule has 2 aromatic rings. The molecule has 3 heterocycles. The first kappa shape index (κ1) is 16.5. The van der Waals surface area contributed by atoms with E-state index in [0.29, 0.717) is 22.7 Å². The van der Waals surface area contributed by atoms with Gasteiger partial charge in [0.15, 0.2) is 0 Å². The number of nitrogens with zero attached hydrogens (tertiary/aromatic N) is 1. The van der Waals surface area contributed by atoms with E-state index in [1.54, 1.807) is 37.3 Å². The molecule has 0 fully saturated rings. The van der Waals surface area contributed by atoms with Crippen LogP contribution in [0.5, 0.6) is 0 Å². The van der Waals surface area contributed by atoms with Crippen LogP contribution in [0, 0.1) is 11.3 Å². The van der Waals surface area contributed by atoms with E-state index in [0.717, 1.165) is 11.1 Å². The SMILES string of the molecule is CC1=C(C#N)C(=O)NC(=O)/C1=C/c1ccc(-c2ccc3c(c2)COC3=O)o1. The lowest BCUT2D eigenvalue weighted by atomic mass is 9.96. The Morgan fingerprint density at radius 3 is 2.74 bits per heavy atom. The van der Waals surface area contributed by atoms with E-state index in [1.807, 2.05) is 6.07 Å². The molecule has 1 aromatic heterocycles. The summed E-state index contributed by atoms with van der Waals surface area (Å²) in [5.74, 6) is -0.669. The maximum atomic E-state index is 12.1. The quantitative estimate of drug-likeness (QED) is 0.501. The number of carbonyl (C=O) groups excluding carboxylic acids is 3. The molecule has 2 aliphatic rings. The van der Waals surface area contributed by atoms with Gasteiger partial charge in [0.05, 0.1) is 5.56 Å². The Bertz CT molecular complexity index is 1130. The highest BCUT2D eigenvalue weighted by atomic mass is 16.5. The Morgan fingerprint density at radius 1 is 1.15 bits per heavy atom. The number of amides is 2. The second kappa shape index (κ2) is 6.11. The molecule has 7 nitrogen and oxygen atoms in total. The molecule has 0 saturated heterocycles. The van der Waals surface area contributed by atoms with Crippen LogP contribution in [0.25, 0.3) is 17.4 Å². The summed E-state index contributed by atoms with van der Waals surface area (Å²) in [5.41, 5.74) is 2.50. The molecule has 2 aliphatic heterocycles. The summed E-state index contributed by atoms with van der Waals surface area (Å²) >= 11 is 0. The number of furan rings is 1. The molecule has 2 amide bonds. The summed E-state index contributed by atoms with van der Waals surface area (Å²) in [6, 6.07) is 10.5. The van der Waals surface area contributed by atoms with Gasteiger partial charge in [0.1, 0.15) is 29.8 Å². The maximum Gasteiger partial charge on any atom is 0.338 e. The fourth-order valence-electron chi connectivity index (χ4n) is 3.03. The van der Waals surface area contributed by atoms with Crippen molar-refractivity contribution < 1.29 is 23.5 Å². The molecule has 132 valence electrons. The van der Waals surface area contributed by atoms with Crippen molar-refractivity contribution in [3.05, 3.63) is 63.9 Å². The van der Waals surface area contributed by atoms with Crippen molar-refractivity contribution in [1.29, 1.82) is 5.26 Å². The van der Waals surface area contributed by atoms with Crippen LogP contribution < -0.4 is 5.32 Å². The smallest absolute Gasteiger partial charge is 0.338 e. The van der Waals surface area contributed by atoms with E-state index in [9.17, 15) is 14.4 Å². The standard InChI is InChI=1S/C20H12N2O5/c1-10-15(18(23)22-19(24)16(10)8-21)7-13-3-5-17(27-13)11-2-4-14-12(6-11)9-26-20(14)25/h2-7H,9H2,1H3,(H,22,23,24)/b15-7+.